The number of nitrogens with zero attached hydrogens (tertiary/aromatic N) is 3. The van der Waals surface area contributed by atoms with Gasteiger partial charge in [-0.2, -0.15) is 0 Å². The fourth-order valence-electron chi connectivity index (χ4n) is 7.77. The maximum absolute atomic E-state index is 15.0. The Morgan fingerprint density at radius 2 is 1.58 bits per heavy atom. The summed E-state index contributed by atoms with van der Waals surface area (Å²) in [5.74, 6) is -3.92. The van der Waals surface area contributed by atoms with Crippen LogP contribution in [-0.2, 0) is 41.9 Å². The van der Waals surface area contributed by atoms with Gasteiger partial charge in [0.25, 0.3) is 23.4 Å². The molecule has 19 nitrogen and oxygen atoms in total. The standard InChI is InChI=1S/C45H58N8O11S/c1-27(2)35-38(65(62,63)33-20-10-28(3)11-21-33)36(52-42(58)45(47,22-24-51(35)52)25-29-14-18-32(19-15-29)53(60)61)40(56)50-34(9-7-8-23-48-43(59)64-44(4,5)6)37(54)41(57)49-26-30-12-16-31(17-13-30)39(46)55/h10-21,27,34-35,37,54H,7-9,22-26,47H2,1-6H3,(H2,46,55)(H,48,59)(H,49,57)(H,50,56)/t34-,35?,37?,45?/m0/s1. The zero-order chi connectivity index (χ0) is 48.0. The first-order valence-electron chi connectivity index (χ1n) is 21.2. The number of nitro groups is 1. The van der Waals surface area contributed by atoms with Gasteiger partial charge in [0.05, 0.1) is 26.8 Å². The second-order valence-electron chi connectivity index (χ2n) is 17.7. The van der Waals surface area contributed by atoms with E-state index in [0.29, 0.717) is 17.5 Å². The lowest BCUT2D eigenvalue weighted by atomic mass is 9.85. The minimum atomic E-state index is -4.54. The summed E-state index contributed by atoms with van der Waals surface area (Å²) in [6.07, 6.45) is -2.15. The van der Waals surface area contributed by atoms with Crippen molar-refractivity contribution in [1.29, 1.82) is 0 Å². The first-order valence-corrected chi connectivity index (χ1v) is 22.7. The summed E-state index contributed by atoms with van der Waals surface area (Å²) >= 11 is 0. The predicted molar refractivity (Wildman–Crippen MR) is 239 cm³/mol. The number of ether oxygens (including phenoxy) is 1. The molecule has 2 aliphatic heterocycles. The summed E-state index contributed by atoms with van der Waals surface area (Å²) < 4.78 is 35.1. The fourth-order valence-corrected chi connectivity index (χ4v) is 9.67. The Hall–Kier alpha value is -6.22. The number of hydrogen-bond donors (Lipinski definition) is 6. The molecule has 3 aromatic rings. The number of amides is 5. The maximum Gasteiger partial charge on any atom is 0.407 e. The molecule has 4 atom stereocenters. The summed E-state index contributed by atoms with van der Waals surface area (Å²) in [6, 6.07) is 15.2. The summed E-state index contributed by atoms with van der Waals surface area (Å²) in [6.45, 7) is 10.5. The predicted octanol–water partition coefficient (Wildman–Crippen LogP) is 3.27. The minimum absolute atomic E-state index is 0.0272. The molecule has 350 valence electrons. The molecular formula is C45H58N8O11S. The lowest BCUT2D eigenvalue weighted by molar-refractivity contribution is -0.384. The van der Waals surface area contributed by atoms with Crippen LogP contribution in [0.4, 0.5) is 10.5 Å². The van der Waals surface area contributed by atoms with Crippen LogP contribution in [-0.4, -0.2) is 101 Å². The van der Waals surface area contributed by atoms with E-state index in [2.05, 4.69) is 16.0 Å². The van der Waals surface area contributed by atoms with E-state index in [1.807, 2.05) is 0 Å². The highest BCUT2D eigenvalue weighted by Gasteiger charge is 2.57. The van der Waals surface area contributed by atoms with Crippen LogP contribution in [0.2, 0.25) is 0 Å². The van der Waals surface area contributed by atoms with Crippen LogP contribution in [0.15, 0.2) is 88.3 Å². The molecule has 0 aromatic heterocycles. The molecule has 0 radical (unpaired) electrons. The van der Waals surface area contributed by atoms with Crippen molar-refractivity contribution in [2.75, 3.05) is 13.1 Å². The van der Waals surface area contributed by atoms with Gasteiger partial charge in [0.1, 0.15) is 16.8 Å². The number of sulfone groups is 1. The molecule has 1 fully saturated rings. The number of carbonyl (C=O) groups excluding carboxylic acids is 5. The van der Waals surface area contributed by atoms with Crippen molar-refractivity contribution >= 4 is 45.2 Å². The largest absolute Gasteiger partial charge is 0.444 e. The Morgan fingerprint density at radius 1 is 0.969 bits per heavy atom. The Morgan fingerprint density at radius 3 is 2.15 bits per heavy atom. The van der Waals surface area contributed by atoms with Crippen molar-refractivity contribution in [3.8, 4) is 0 Å². The topological polar surface area (TPSA) is 287 Å². The lowest BCUT2D eigenvalue weighted by Gasteiger charge is -2.45. The molecule has 65 heavy (non-hydrogen) atoms. The van der Waals surface area contributed by atoms with Crippen molar-refractivity contribution in [3.63, 3.8) is 0 Å². The molecule has 1 saturated heterocycles. The van der Waals surface area contributed by atoms with E-state index in [9.17, 15) is 42.8 Å². The zero-order valence-corrected chi connectivity index (χ0v) is 38.1. The van der Waals surface area contributed by atoms with E-state index in [0.717, 1.165) is 10.6 Å². The fraction of sp³-hybridized carbons (Fsp3) is 0.444. The van der Waals surface area contributed by atoms with Crippen LogP contribution in [0.25, 0.3) is 0 Å². The number of nitrogens with two attached hydrogens (primary N) is 2. The molecule has 0 spiro atoms. The molecule has 0 bridgehead atoms. The third-order valence-corrected chi connectivity index (χ3v) is 13.0. The summed E-state index contributed by atoms with van der Waals surface area (Å²) in [7, 11) is -4.54. The number of alkyl carbamates (subject to hydrolysis) is 1. The second-order valence-corrected chi connectivity index (χ2v) is 19.7. The number of nitro benzene ring substituents is 1. The molecule has 5 rings (SSSR count). The number of nitrogens with one attached hydrogen (secondary N) is 3. The number of rotatable bonds is 18. The SMILES string of the molecule is Cc1ccc(S(=O)(=O)C2=C(C(=O)N[C@@H](CCCCNC(=O)OC(C)(C)C)C(O)C(=O)NCc3ccc(C(N)=O)cc3)N3C(=O)C(N)(Cc4ccc([N+](=O)[O-])cc4)CCN3C2C(C)C)cc1. The highest BCUT2D eigenvalue weighted by molar-refractivity contribution is 7.95. The monoisotopic (exact) mass is 918 g/mol. The van der Waals surface area contributed by atoms with E-state index < -0.39 is 85.4 Å². The van der Waals surface area contributed by atoms with E-state index in [-0.39, 0.29) is 66.4 Å². The Kier molecular flexibility index (Phi) is 15.6. The number of hydrazine groups is 1. The molecule has 8 N–H and O–H groups in total. The van der Waals surface area contributed by atoms with Crippen molar-refractivity contribution in [2.45, 2.75) is 114 Å². The Balaban J connectivity index is 1.53. The summed E-state index contributed by atoms with van der Waals surface area (Å²) in [5, 5.41) is 33.4. The third kappa shape index (κ3) is 11.9. The smallest absolute Gasteiger partial charge is 0.407 e. The number of benzene rings is 3. The van der Waals surface area contributed by atoms with E-state index >= 15 is 4.79 Å². The van der Waals surface area contributed by atoms with E-state index in [1.54, 1.807) is 65.8 Å². The zero-order valence-electron chi connectivity index (χ0n) is 37.3. The van der Waals surface area contributed by atoms with Crippen molar-refractivity contribution in [2.24, 2.45) is 17.4 Å². The van der Waals surface area contributed by atoms with Gasteiger partial charge in [-0.1, -0.05) is 55.8 Å². The molecule has 3 unspecified atom stereocenters. The second kappa shape index (κ2) is 20.3. The highest BCUT2D eigenvalue weighted by Crippen LogP contribution is 2.43. The van der Waals surface area contributed by atoms with Crippen LogP contribution < -0.4 is 27.4 Å². The quantitative estimate of drug-likeness (QED) is 0.0608. The number of fused-ring (bicyclic) bond motifs is 1. The summed E-state index contributed by atoms with van der Waals surface area (Å²) in [5.41, 5.74) is 11.1. The number of aliphatic hydroxyl groups is 1. The first kappa shape index (κ1) is 49.8. The third-order valence-electron chi connectivity index (χ3n) is 11.1. The molecule has 2 heterocycles. The van der Waals surface area contributed by atoms with Crippen molar-refractivity contribution < 1.29 is 47.2 Å². The van der Waals surface area contributed by atoms with Gasteiger partial charge >= 0.3 is 6.09 Å². The van der Waals surface area contributed by atoms with E-state index in [4.69, 9.17) is 16.2 Å². The van der Waals surface area contributed by atoms with Gasteiger partial charge in [-0.15, -0.1) is 0 Å². The molecule has 2 aliphatic rings. The van der Waals surface area contributed by atoms with Crippen LogP contribution in [0.3, 0.4) is 0 Å². The number of non-ortho nitro benzene ring substituents is 1. The molecule has 0 aliphatic carbocycles. The van der Waals surface area contributed by atoms with Gasteiger partial charge in [0.2, 0.25) is 15.7 Å². The van der Waals surface area contributed by atoms with Crippen LogP contribution >= 0.6 is 0 Å². The Bertz CT molecular complexity index is 2420. The molecule has 5 amide bonds. The van der Waals surface area contributed by atoms with Crippen molar-refractivity contribution in [3.05, 3.63) is 116 Å². The van der Waals surface area contributed by atoms with Crippen molar-refractivity contribution in [1.82, 2.24) is 26.0 Å². The van der Waals surface area contributed by atoms with Crippen LogP contribution in [0, 0.1) is 23.0 Å². The number of aryl methyl sites for hydroxylation is 1. The number of primary amides is 1. The van der Waals surface area contributed by atoms with Gasteiger partial charge in [-0.05, 0) is 101 Å². The average molecular weight is 919 g/mol. The first-order chi connectivity index (χ1) is 30.4. The van der Waals surface area contributed by atoms with Gasteiger partial charge in [-0.3, -0.25) is 29.3 Å². The number of aliphatic hydroxyl groups excluding tert-OH is 1. The molecule has 3 aromatic carbocycles. The lowest BCUT2D eigenvalue weighted by Crippen LogP contribution is -2.67. The summed E-state index contributed by atoms with van der Waals surface area (Å²) in [4.78, 5) is 77.7. The number of unbranched alkanes of at least 4 members (excludes halogenated alkanes) is 1. The van der Waals surface area contributed by atoms with Gasteiger partial charge in [0, 0.05) is 37.3 Å². The van der Waals surface area contributed by atoms with Gasteiger partial charge in [0.15, 0.2) is 6.10 Å². The molecule has 0 saturated carbocycles. The highest BCUT2D eigenvalue weighted by atomic mass is 32.2. The average Bonchev–Trinajstić information content (AvgIpc) is 3.60. The number of carbonyl (C=O) groups is 5. The van der Waals surface area contributed by atoms with Crippen LogP contribution in [0.1, 0.15) is 87.4 Å². The number of hydrogen-bond acceptors (Lipinski definition) is 13. The van der Waals surface area contributed by atoms with Gasteiger partial charge in [-0.25, -0.2) is 23.2 Å². The molecule has 20 heteroatoms. The Labute approximate surface area is 378 Å². The normalized spacial score (nSPS) is 18.8. The van der Waals surface area contributed by atoms with E-state index in [1.165, 1.54) is 53.5 Å². The maximum atomic E-state index is 15.0. The van der Waals surface area contributed by atoms with Gasteiger partial charge < -0.3 is 37.3 Å². The minimum Gasteiger partial charge on any atom is -0.444 e. The molecular weight excluding hydrogens is 861 g/mol. The van der Waals surface area contributed by atoms with Crippen LogP contribution in [0.5, 0.6) is 0 Å².